The Kier molecular flexibility index (Phi) is 5.37. The van der Waals surface area contributed by atoms with Gasteiger partial charge in [-0.05, 0) is 18.8 Å². The number of rotatable bonds is 7. The summed E-state index contributed by atoms with van der Waals surface area (Å²) in [5.41, 5.74) is -0.403. The zero-order valence-electron chi connectivity index (χ0n) is 9.73. The third kappa shape index (κ3) is 4.91. The molecule has 0 saturated heterocycles. The molecule has 0 fully saturated rings. The number of hydrogen-bond acceptors (Lipinski definition) is 4. The van der Waals surface area contributed by atoms with Crippen LogP contribution in [-0.4, -0.2) is 43.0 Å². The molecule has 0 rings (SSSR count). The van der Waals surface area contributed by atoms with Crippen LogP contribution < -0.4 is 4.72 Å². The van der Waals surface area contributed by atoms with E-state index in [0.717, 1.165) is 6.92 Å². The van der Waals surface area contributed by atoms with Crippen LogP contribution in [0, 0.1) is 5.41 Å². The minimum Gasteiger partial charge on any atom is -0.480 e. The van der Waals surface area contributed by atoms with E-state index in [0.29, 0.717) is 6.42 Å². The molecule has 7 heteroatoms. The maximum Gasteiger partial charge on any atom is 0.323 e. The summed E-state index contributed by atoms with van der Waals surface area (Å²) in [6.07, 6.45) is 0.441. The lowest BCUT2D eigenvalue weighted by atomic mass is 9.90. The number of hydrogen-bond donors (Lipinski definition) is 3. The van der Waals surface area contributed by atoms with Crippen molar-refractivity contribution in [1.82, 2.24) is 4.72 Å². The minimum atomic E-state index is -3.84. The molecule has 96 valence electrons. The highest BCUT2D eigenvalue weighted by Crippen LogP contribution is 2.18. The lowest BCUT2D eigenvalue weighted by Crippen LogP contribution is -2.41. The van der Waals surface area contributed by atoms with E-state index < -0.39 is 26.7 Å². The molecule has 3 N–H and O–H groups in total. The second kappa shape index (κ2) is 5.60. The van der Waals surface area contributed by atoms with E-state index in [4.69, 9.17) is 10.2 Å². The SMILES string of the molecule is CC(C(=O)O)S(=O)(=O)NCC(C)(C)CCO. The highest BCUT2D eigenvalue weighted by Gasteiger charge is 2.29. The van der Waals surface area contributed by atoms with Gasteiger partial charge in [0.1, 0.15) is 0 Å². The van der Waals surface area contributed by atoms with Gasteiger partial charge in [-0.15, -0.1) is 0 Å². The zero-order chi connectivity index (χ0) is 13.0. The van der Waals surface area contributed by atoms with Gasteiger partial charge in [-0.25, -0.2) is 13.1 Å². The van der Waals surface area contributed by atoms with Gasteiger partial charge in [0.25, 0.3) is 0 Å². The monoisotopic (exact) mass is 253 g/mol. The van der Waals surface area contributed by atoms with Crippen LogP contribution in [0.3, 0.4) is 0 Å². The summed E-state index contributed by atoms with van der Waals surface area (Å²) >= 11 is 0. The number of carboxylic acid groups (broad SMARTS) is 1. The standard InChI is InChI=1S/C9H19NO5S/c1-7(8(12)13)16(14,15)10-6-9(2,3)4-5-11/h7,10-11H,4-6H2,1-3H3,(H,12,13). The normalized spacial score (nSPS) is 14.8. The summed E-state index contributed by atoms with van der Waals surface area (Å²) in [5.74, 6) is -1.38. The Bertz CT molecular complexity index is 336. The van der Waals surface area contributed by atoms with Gasteiger partial charge in [0, 0.05) is 13.2 Å². The molecule has 0 aromatic carbocycles. The van der Waals surface area contributed by atoms with Crippen molar-refractivity contribution < 1.29 is 23.4 Å². The Morgan fingerprint density at radius 1 is 1.44 bits per heavy atom. The van der Waals surface area contributed by atoms with Crippen molar-refractivity contribution in [3.63, 3.8) is 0 Å². The summed E-state index contributed by atoms with van der Waals surface area (Å²) in [7, 11) is -3.84. The van der Waals surface area contributed by atoms with Crippen molar-refractivity contribution in [3.8, 4) is 0 Å². The summed E-state index contributed by atoms with van der Waals surface area (Å²) in [4.78, 5) is 10.5. The van der Waals surface area contributed by atoms with Crippen molar-refractivity contribution >= 4 is 16.0 Å². The first-order valence-corrected chi connectivity index (χ1v) is 6.49. The molecule has 1 unspecified atom stereocenters. The highest BCUT2D eigenvalue weighted by atomic mass is 32.2. The van der Waals surface area contributed by atoms with Crippen molar-refractivity contribution in [2.75, 3.05) is 13.2 Å². The van der Waals surface area contributed by atoms with E-state index in [1.165, 1.54) is 0 Å². The highest BCUT2D eigenvalue weighted by molar-refractivity contribution is 7.90. The van der Waals surface area contributed by atoms with Gasteiger partial charge in [-0.1, -0.05) is 13.8 Å². The number of aliphatic carboxylic acids is 1. The Balaban J connectivity index is 4.46. The summed E-state index contributed by atoms with van der Waals surface area (Å²) in [6, 6.07) is 0. The number of sulfonamides is 1. The maximum atomic E-state index is 11.5. The number of carboxylic acids is 1. The van der Waals surface area contributed by atoms with Crippen molar-refractivity contribution in [1.29, 1.82) is 0 Å². The van der Waals surface area contributed by atoms with Gasteiger partial charge in [0.15, 0.2) is 5.25 Å². The minimum absolute atomic E-state index is 0.0385. The van der Waals surface area contributed by atoms with E-state index in [-0.39, 0.29) is 13.2 Å². The number of carbonyl (C=O) groups is 1. The fraction of sp³-hybridized carbons (Fsp3) is 0.889. The molecule has 16 heavy (non-hydrogen) atoms. The van der Waals surface area contributed by atoms with Crippen LogP contribution in [0.5, 0.6) is 0 Å². The molecule has 6 nitrogen and oxygen atoms in total. The van der Waals surface area contributed by atoms with E-state index >= 15 is 0 Å². The molecule has 0 saturated carbocycles. The number of aliphatic hydroxyl groups is 1. The first kappa shape index (κ1) is 15.3. The molecule has 0 heterocycles. The molecular formula is C9H19NO5S. The molecule has 1 atom stereocenters. The van der Waals surface area contributed by atoms with Crippen LogP contribution in [0.1, 0.15) is 27.2 Å². The molecule has 0 aliphatic rings. The van der Waals surface area contributed by atoms with Crippen molar-refractivity contribution in [3.05, 3.63) is 0 Å². The molecule has 0 aliphatic heterocycles. The molecule has 0 aliphatic carbocycles. The third-order valence-corrected chi connectivity index (χ3v) is 4.03. The second-order valence-corrected chi connectivity index (χ2v) is 6.57. The van der Waals surface area contributed by atoms with E-state index in [1.54, 1.807) is 13.8 Å². The van der Waals surface area contributed by atoms with Crippen molar-refractivity contribution in [2.45, 2.75) is 32.4 Å². The van der Waals surface area contributed by atoms with Crippen LogP contribution in [-0.2, 0) is 14.8 Å². The molecule has 0 spiro atoms. The lowest BCUT2D eigenvalue weighted by molar-refractivity contribution is -0.136. The first-order valence-electron chi connectivity index (χ1n) is 4.94. The lowest BCUT2D eigenvalue weighted by Gasteiger charge is -2.24. The number of nitrogens with one attached hydrogen (secondary N) is 1. The first-order chi connectivity index (χ1) is 7.12. The summed E-state index contributed by atoms with van der Waals surface area (Å²) < 4.78 is 25.2. The van der Waals surface area contributed by atoms with Gasteiger partial charge >= 0.3 is 5.97 Å². The van der Waals surface area contributed by atoms with Crippen LogP contribution in [0.15, 0.2) is 0 Å². The second-order valence-electron chi connectivity index (χ2n) is 4.48. The van der Waals surface area contributed by atoms with Crippen LogP contribution in [0.25, 0.3) is 0 Å². The van der Waals surface area contributed by atoms with Crippen molar-refractivity contribution in [2.24, 2.45) is 5.41 Å². The van der Waals surface area contributed by atoms with E-state index in [1.807, 2.05) is 0 Å². The molecule has 0 aromatic rings. The maximum absolute atomic E-state index is 11.5. The fourth-order valence-electron chi connectivity index (χ4n) is 0.945. The Hall–Kier alpha value is -0.660. The molecule has 0 amide bonds. The topological polar surface area (TPSA) is 104 Å². The predicted octanol–water partition coefficient (Wildman–Crippen LogP) is -0.213. The molecular weight excluding hydrogens is 234 g/mol. The molecule has 0 bridgehead atoms. The zero-order valence-corrected chi connectivity index (χ0v) is 10.5. The van der Waals surface area contributed by atoms with Gasteiger partial charge in [0.2, 0.25) is 10.0 Å². The van der Waals surface area contributed by atoms with Gasteiger partial charge in [-0.3, -0.25) is 4.79 Å². The van der Waals surface area contributed by atoms with Crippen LogP contribution in [0.4, 0.5) is 0 Å². The Labute approximate surface area is 95.7 Å². The van der Waals surface area contributed by atoms with Crippen LogP contribution in [0.2, 0.25) is 0 Å². The Morgan fingerprint density at radius 2 is 1.94 bits per heavy atom. The smallest absolute Gasteiger partial charge is 0.323 e. The van der Waals surface area contributed by atoms with Gasteiger partial charge < -0.3 is 10.2 Å². The molecule has 0 aromatic heterocycles. The largest absolute Gasteiger partial charge is 0.480 e. The fourth-order valence-corrected chi connectivity index (χ4v) is 2.05. The molecule has 0 radical (unpaired) electrons. The Morgan fingerprint density at radius 3 is 2.31 bits per heavy atom. The third-order valence-electron chi connectivity index (χ3n) is 2.35. The summed E-state index contributed by atoms with van der Waals surface area (Å²) in [6.45, 7) is 4.76. The van der Waals surface area contributed by atoms with Crippen LogP contribution >= 0.6 is 0 Å². The average molecular weight is 253 g/mol. The average Bonchev–Trinajstić information content (AvgIpc) is 2.14. The quantitative estimate of drug-likeness (QED) is 0.582. The predicted molar refractivity (Wildman–Crippen MR) is 59.5 cm³/mol. The summed E-state index contributed by atoms with van der Waals surface area (Å²) in [5, 5.41) is 15.9. The van der Waals surface area contributed by atoms with Gasteiger partial charge in [-0.2, -0.15) is 0 Å². The number of aliphatic hydroxyl groups excluding tert-OH is 1. The van der Waals surface area contributed by atoms with E-state index in [9.17, 15) is 13.2 Å². The van der Waals surface area contributed by atoms with E-state index in [2.05, 4.69) is 4.72 Å². The van der Waals surface area contributed by atoms with Gasteiger partial charge in [0.05, 0.1) is 0 Å².